The van der Waals surface area contributed by atoms with Gasteiger partial charge in [-0.2, -0.15) is 0 Å². The number of ether oxygens (including phenoxy) is 1. The van der Waals surface area contributed by atoms with Crippen molar-refractivity contribution in [2.75, 3.05) is 20.3 Å². The number of aromatic nitrogens is 4. The van der Waals surface area contributed by atoms with E-state index in [1.807, 2.05) is 4.90 Å². The molecule has 8 heteroatoms. The molecule has 0 saturated carbocycles. The molecule has 1 amide bonds. The molecule has 1 unspecified atom stereocenters. The number of imidazole rings is 2. The predicted octanol–water partition coefficient (Wildman–Crippen LogP) is 2.10. The van der Waals surface area contributed by atoms with Crippen molar-refractivity contribution >= 4 is 23.2 Å². The summed E-state index contributed by atoms with van der Waals surface area (Å²) in [5, 5.41) is 0.600. The number of hydrogen-bond acceptors (Lipinski definition) is 4. The molecule has 0 N–H and O–H groups in total. The van der Waals surface area contributed by atoms with Crippen LogP contribution in [-0.4, -0.2) is 50.0 Å². The van der Waals surface area contributed by atoms with Gasteiger partial charge in [-0.3, -0.25) is 4.79 Å². The summed E-state index contributed by atoms with van der Waals surface area (Å²) in [6.07, 6.45) is 7.07. The molecule has 7 nitrogen and oxygen atoms in total. The summed E-state index contributed by atoms with van der Waals surface area (Å²) in [4.78, 5) is 23.5. The van der Waals surface area contributed by atoms with E-state index in [0.29, 0.717) is 36.1 Å². The molecule has 130 valence electrons. The Morgan fingerprint density at radius 1 is 1.36 bits per heavy atom. The maximum atomic E-state index is 13.0. The van der Waals surface area contributed by atoms with Gasteiger partial charge in [0, 0.05) is 44.7 Å². The first kappa shape index (κ1) is 16.1. The summed E-state index contributed by atoms with van der Waals surface area (Å²) >= 11 is 6.01. The van der Waals surface area contributed by atoms with Crippen molar-refractivity contribution in [3.05, 3.63) is 53.5 Å². The predicted molar refractivity (Wildman–Crippen MR) is 92.5 cm³/mol. The zero-order chi connectivity index (χ0) is 17.4. The highest BCUT2D eigenvalue weighted by Crippen LogP contribution is 2.19. The van der Waals surface area contributed by atoms with E-state index >= 15 is 0 Å². The monoisotopic (exact) mass is 359 g/mol. The van der Waals surface area contributed by atoms with Crippen molar-refractivity contribution in [1.29, 1.82) is 0 Å². The number of amides is 1. The van der Waals surface area contributed by atoms with Gasteiger partial charge in [-0.25, -0.2) is 9.97 Å². The van der Waals surface area contributed by atoms with Gasteiger partial charge in [-0.1, -0.05) is 11.6 Å². The van der Waals surface area contributed by atoms with Gasteiger partial charge >= 0.3 is 0 Å². The lowest BCUT2D eigenvalue weighted by molar-refractivity contribution is 0.0662. The minimum absolute atomic E-state index is 0.101. The smallest absolute Gasteiger partial charge is 0.274 e. The summed E-state index contributed by atoms with van der Waals surface area (Å²) in [6, 6.07) is 3.56. The Bertz CT molecular complexity index is 919. The molecule has 0 radical (unpaired) electrons. The summed E-state index contributed by atoms with van der Waals surface area (Å²) < 4.78 is 9.17. The molecule has 0 saturated heterocycles. The zero-order valence-corrected chi connectivity index (χ0v) is 14.6. The lowest BCUT2D eigenvalue weighted by Gasteiger charge is -2.23. The highest BCUT2D eigenvalue weighted by molar-refractivity contribution is 6.30. The van der Waals surface area contributed by atoms with Crippen molar-refractivity contribution in [2.24, 2.45) is 5.92 Å². The van der Waals surface area contributed by atoms with Crippen molar-refractivity contribution in [2.45, 2.75) is 13.1 Å². The summed E-state index contributed by atoms with van der Waals surface area (Å²) in [5.74, 6) is 0.103. The van der Waals surface area contributed by atoms with E-state index in [0.717, 1.165) is 12.2 Å². The standard InChI is InChI=1S/C17H18ClN5O2/c1-25-10-12-5-22(8-14-4-19-11-23(14)6-12)17(24)15-9-21-7-13(18)2-3-16(21)20-15/h2-4,7,9,11-12H,5-6,8,10H2,1H3. The second-order valence-corrected chi connectivity index (χ2v) is 6.72. The van der Waals surface area contributed by atoms with Gasteiger partial charge in [0.1, 0.15) is 11.3 Å². The molecule has 1 aliphatic heterocycles. The fourth-order valence-corrected chi connectivity index (χ4v) is 3.45. The first-order valence-electron chi connectivity index (χ1n) is 8.05. The molecular formula is C17H18ClN5O2. The topological polar surface area (TPSA) is 64.7 Å². The van der Waals surface area contributed by atoms with Crippen LogP contribution in [0.15, 0.2) is 37.1 Å². The maximum absolute atomic E-state index is 13.0. The first-order chi connectivity index (χ1) is 12.1. The average Bonchev–Trinajstić information content (AvgIpc) is 3.16. The Hall–Kier alpha value is -2.38. The number of fused-ring (bicyclic) bond motifs is 2. The van der Waals surface area contributed by atoms with Gasteiger partial charge < -0.3 is 18.6 Å². The second-order valence-electron chi connectivity index (χ2n) is 6.28. The minimum Gasteiger partial charge on any atom is -0.384 e. The third kappa shape index (κ3) is 3.12. The molecule has 0 aromatic carbocycles. The van der Waals surface area contributed by atoms with Crippen LogP contribution < -0.4 is 0 Å². The van der Waals surface area contributed by atoms with Gasteiger partial charge in [0.2, 0.25) is 0 Å². The van der Waals surface area contributed by atoms with E-state index in [2.05, 4.69) is 14.5 Å². The largest absolute Gasteiger partial charge is 0.384 e. The summed E-state index contributed by atoms with van der Waals surface area (Å²) in [5.41, 5.74) is 2.12. The number of nitrogens with zero attached hydrogens (tertiary/aromatic N) is 5. The Balaban J connectivity index is 1.65. The van der Waals surface area contributed by atoms with Crippen molar-refractivity contribution in [3.8, 4) is 0 Å². The van der Waals surface area contributed by atoms with Crippen LogP contribution >= 0.6 is 11.6 Å². The highest BCUT2D eigenvalue weighted by atomic mass is 35.5. The Morgan fingerprint density at radius 2 is 2.24 bits per heavy atom. The van der Waals surface area contributed by atoms with E-state index in [1.54, 1.807) is 48.6 Å². The number of carbonyl (C=O) groups is 1. The number of pyridine rings is 1. The number of rotatable bonds is 3. The molecule has 3 aromatic heterocycles. The van der Waals surface area contributed by atoms with E-state index < -0.39 is 0 Å². The van der Waals surface area contributed by atoms with Crippen LogP contribution in [0.1, 0.15) is 16.2 Å². The van der Waals surface area contributed by atoms with Gasteiger partial charge in [-0.15, -0.1) is 0 Å². The van der Waals surface area contributed by atoms with E-state index in [4.69, 9.17) is 16.3 Å². The number of halogens is 1. The lowest BCUT2D eigenvalue weighted by atomic mass is 10.1. The average molecular weight is 360 g/mol. The fourth-order valence-electron chi connectivity index (χ4n) is 3.28. The van der Waals surface area contributed by atoms with Crippen LogP contribution in [0.25, 0.3) is 5.65 Å². The Kier molecular flexibility index (Phi) is 4.19. The molecule has 1 atom stereocenters. The molecule has 0 spiro atoms. The third-order valence-electron chi connectivity index (χ3n) is 4.41. The first-order valence-corrected chi connectivity index (χ1v) is 8.43. The maximum Gasteiger partial charge on any atom is 0.274 e. The SMILES string of the molecule is COCC1CN(C(=O)c2cn3cc(Cl)ccc3n2)Cc2cncn2C1. The molecule has 4 heterocycles. The van der Waals surface area contributed by atoms with Crippen LogP contribution in [0.4, 0.5) is 0 Å². The number of methoxy groups -OCH3 is 1. The van der Waals surface area contributed by atoms with Crippen LogP contribution in [0.3, 0.4) is 0 Å². The van der Waals surface area contributed by atoms with E-state index in [-0.39, 0.29) is 11.8 Å². The molecule has 0 bridgehead atoms. The molecule has 4 rings (SSSR count). The number of hydrogen-bond donors (Lipinski definition) is 0. The Labute approximate surface area is 149 Å². The summed E-state index contributed by atoms with van der Waals surface area (Å²) in [7, 11) is 1.68. The van der Waals surface area contributed by atoms with E-state index in [1.165, 1.54) is 0 Å². The lowest BCUT2D eigenvalue weighted by Crippen LogP contribution is -2.35. The third-order valence-corrected chi connectivity index (χ3v) is 4.63. The minimum atomic E-state index is -0.101. The van der Waals surface area contributed by atoms with Crippen LogP contribution in [0.5, 0.6) is 0 Å². The fraction of sp³-hybridized carbons (Fsp3) is 0.353. The normalized spacial score (nSPS) is 17.5. The molecule has 0 aliphatic carbocycles. The van der Waals surface area contributed by atoms with E-state index in [9.17, 15) is 4.79 Å². The van der Waals surface area contributed by atoms with Crippen molar-refractivity contribution in [3.63, 3.8) is 0 Å². The van der Waals surface area contributed by atoms with Gasteiger partial charge in [0.25, 0.3) is 5.91 Å². The van der Waals surface area contributed by atoms with Crippen molar-refractivity contribution < 1.29 is 9.53 Å². The quantitative estimate of drug-likeness (QED) is 0.718. The molecule has 25 heavy (non-hydrogen) atoms. The summed E-state index contributed by atoms with van der Waals surface area (Å²) in [6.45, 7) is 2.49. The molecule has 1 aliphatic rings. The van der Waals surface area contributed by atoms with Gasteiger partial charge in [0.15, 0.2) is 0 Å². The van der Waals surface area contributed by atoms with Gasteiger partial charge in [0.05, 0.1) is 30.2 Å². The highest BCUT2D eigenvalue weighted by Gasteiger charge is 2.27. The number of carbonyl (C=O) groups excluding carboxylic acids is 1. The van der Waals surface area contributed by atoms with Crippen molar-refractivity contribution in [1.82, 2.24) is 23.8 Å². The zero-order valence-electron chi connectivity index (χ0n) is 13.8. The van der Waals surface area contributed by atoms with Crippen LogP contribution in [0.2, 0.25) is 5.02 Å². The second kappa shape index (κ2) is 6.50. The molecular weight excluding hydrogens is 342 g/mol. The van der Waals surface area contributed by atoms with Gasteiger partial charge in [-0.05, 0) is 12.1 Å². The van der Waals surface area contributed by atoms with Crippen LogP contribution in [0, 0.1) is 5.92 Å². The van der Waals surface area contributed by atoms with Crippen LogP contribution in [-0.2, 0) is 17.8 Å². The molecule has 0 fully saturated rings. The molecule has 3 aromatic rings. The Morgan fingerprint density at radius 3 is 3.08 bits per heavy atom.